The van der Waals surface area contributed by atoms with Gasteiger partial charge < -0.3 is 8.83 Å². The minimum absolute atomic E-state index is 0.581. The lowest BCUT2D eigenvalue weighted by atomic mass is 10.0. The van der Waals surface area contributed by atoms with E-state index in [2.05, 4.69) is 153 Å². The number of hydrogen-bond acceptors (Lipinski definition) is 5. The summed E-state index contributed by atoms with van der Waals surface area (Å²) in [5, 5.41) is 9.43. The Morgan fingerprint density at radius 1 is 0.383 bits per heavy atom. The number of furan rings is 2. The Morgan fingerprint density at radius 2 is 0.817 bits per heavy atom. The molecule has 0 saturated carbocycles. The smallest absolute Gasteiger partial charge is 0.179 e. The molecule has 11 rings (SSSR count). The number of aryl methyl sites for hydroxylation is 3. The summed E-state index contributed by atoms with van der Waals surface area (Å²) in [4.78, 5) is 14.5. The van der Waals surface area contributed by atoms with Crippen LogP contribution in [0.2, 0.25) is 0 Å². The van der Waals surface area contributed by atoms with Crippen LogP contribution in [0.15, 0.2) is 191 Å². The number of rotatable bonds is 7. The van der Waals surface area contributed by atoms with E-state index >= 15 is 0 Å². The molecule has 0 aliphatic carbocycles. The summed E-state index contributed by atoms with van der Waals surface area (Å²) in [5.41, 5.74) is 11.0. The number of benzene rings is 8. The zero-order valence-electron chi connectivity index (χ0n) is 33.5. The van der Waals surface area contributed by atoms with E-state index in [-0.39, 0.29) is 0 Å². The molecule has 0 fully saturated rings. The van der Waals surface area contributed by atoms with E-state index < -0.39 is 8.07 Å². The average molecular weight is 790 g/mol. The Labute approximate surface area is 348 Å². The summed E-state index contributed by atoms with van der Waals surface area (Å²) >= 11 is 0. The van der Waals surface area contributed by atoms with Crippen LogP contribution < -0.4 is 20.7 Å². The SMILES string of the molecule is Cc1ccc([Si](c2ccc(C)cc2)(c2ccc(C)cc2)c2ccc(-c3ccc4oc5cccc(-c6ncnc(-c7cccc8oc9ccccc9c78)n6)c5c4c3)cc2)cc1. The third kappa shape index (κ3) is 5.79. The topological polar surface area (TPSA) is 65.0 Å². The van der Waals surface area contributed by atoms with Crippen molar-refractivity contribution in [3.8, 4) is 33.9 Å². The summed E-state index contributed by atoms with van der Waals surface area (Å²) in [6, 6.07) is 63.6. The molecule has 6 heteroatoms. The van der Waals surface area contributed by atoms with Crippen LogP contribution in [0.3, 0.4) is 0 Å². The standard InChI is InChI=1S/C54H39N3O2Si/c1-34-14-23-39(24-15-34)60(40-25-16-35(2)17-26-40,41-27-18-36(3)19-28-41)42-29-20-37(21-30-42)38-22-31-48-46(32-38)52-45(10-7-13-50(52)59-48)54-56-33-55-53(57-54)44-9-6-12-49-51(44)43-8-4-5-11-47(43)58-49/h4-33H,1-3H3. The van der Waals surface area contributed by atoms with Crippen molar-refractivity contribution in [3.63, 3.8) is 0 Å². The maximum atomic E-state index is 6.47. The maximum absolute atomic E-state index is 6.47. The minimum atomic E-state index is -2.70. The van der Waals surface area contributed by atoms with Gasteiger partial charge in [0, 0.05) is 32.7 Å². The zero-order valence-corrected chi connectivity index (χ0v) is 34.5. The molecular weight excluding hydrogens is 751 g/mol. The van der Waals surface area contributed by atoms with Crippen molar-refractivity contribution in [1.82, 2.24) is 15.0 Å². The van der Waals surface area contributed by atoms with Crippen LogP contribution in [0, 0.1) is 20.8 Å². The molecule has 0 saturated heterocycles. The van der Waals surface area contributed by atoms with Gasteiger partial charge in [-0.1, -0.05) is 162 Å². The van der Waals surface area contributed by atoms with Gasteiger partial charge in [0.1, 0.15) is 28.7 Å². The Balaban J connectivity index is 1.03. The van der Waals surface area contributed by atoms with Gasteiger partial charge in [-0.05, 0) is 83.0 Å². The molecule has 0 bridgehead atoms. The van der Waals surface area contributed by atoms with E-state index in [1.165, 1.54) is 37.4 Å². The number of nitrogens with zero attached hydrogens (tertiary/aromatic N) is 3. The quantitative estimate of drug-likeness (QED) is 0.119. The summed E-state index contributed by atoms with van der Waals surface area (Å²) in [7, 11) is -2.70. The largest absolute Gasteiger partial charge is 0.456 e. The number of fused-ring (bicyclic) bond motifs is 6. The lowest BCUT2D eigenvalue weighted by Gasteiger charge is -2.35. The Bertz CT molecular complexity index is 3270. The van der Waals surface area contributed by atoms with Crippen molar-refractivity contribution in [3.05, 3.63) is 199 Å². The average Bonchev–Trinajstić information content (AvgIpc) is 3.87. The molecule has 0 aliphatic heterocycles. The van der Waals surface area contributed by atoms with Crippen LogP contribution in [0.1, 0.15) is 16.7 Å². The van der Waals surface area contributed by atoms with Gasteiger partial charge in [-0.25, -0.2) is 15.0 Å². The molecule has 8 aromatic carbocycles. The van der Waals surface area contributed by atoms with Crippen LogP contribution in [-0.4, -0.2) is 23.0 Å². The molecule has 3 heterocycles. The van der Waals surface area contributed by atoms with Gasteiger partial charge in [-0.15, -0.1) is 0 Å². The van der Waals surface area contributed by atoms with E-state index in [4.69, 9.17) is 18.8 Å². The molecule has 0 atom stereocenters. The Morgan fingerprint density at radius 3 is 1.35 bits per heavy atom. The van der Waals surface area contributed by atoms with Crippen LogP contribution in [0.25, 0.3) is 77.8 Å². The van der Waals surface area contributed by atoms with Gasteiger partial charge in [0.25, 0.3) is 0 Å². The predicted molar refractivity (Wildman–Crippen MR) is 249 cm³/mol. The molecule has 0 N–H and O–H groups in total. The maximum Gasteiger partial charge on any atom is 0.179 e. The summed E-state index contributed by atoms with van der Waals surface area (Å²) < 4.78 is 12.7. The summed E-state index contributed by atoms with van der Waals surface area (Å²) in [6.07, 6.45) is 1.60. The lowest BCUT2D eigenvalue weighted by molar-refractivity contribution is 0.668. The highest BCUT2D eigenvalue weighted by molar-refractivity contribution is 7.19. The van der Waals surface area contributed by atoms with Crippen LogP contribution >= 0.6 is 0 Å². The first kappa shape index (κ1) is 35.7. The summed E-state index contributed by atoms with van der Waals surface area (Å²) in [5.74, 6) is 1.17. The third-order valence-corrected chi connectivity index (χ3v) is 16.9. The zero-order chi connectivity index (χ0) is 40.4. The number of para-hydroxylation sites is 1. The molecule has 286 valence electrons. The number of aromatic nitrogens is 3. The van der Waals surface area contributed by atoms with Gasteiger partial charge >= 0.3 is 0 Å². The molecule has 60 heavy (non-hydrogen) atoms. The Hall–Kier alpha value is -7.41. The van der Waals surface area contributed by atoms with Gasteiger partial charge in [0.05, 0.1) is 0 Å². The van der Waals surface area contributed by atoms with Crippen molar-refractivity contribution in [2.75, 3.05) is 0 Å². The predicted octanol–water partition coefficient (Wildman–Crippen LogP) is 11.0. The second-order valence-corrected chi connectivity index (χ2v) is 19.6. The molecule has 0 radical (unpaired) electrons. The van der Waals surface area contributed by atoms with Crippen molar-refractivity contribution in [2.24, 2.45) is 0 Å². The van der Waals surface area contributed by atoms with E-state index in [1.807, 2.05) is 48.5 Å². The van der Waals surface area contributed by atoms with Crippen LogP contribution in [0.5, 0.6) is 0 Å². The normalized spacial score (nSPS) is 11.9. The fourth-order valence-electron chi connectivity index (χ4n) is 9.03. The van der Waals surface area contributed by atoms with E-state index in [0.29, 0.717) is 11.6 Å². The van der Waals surface area contributed by atoms with E-state index in [9.17, 15) is 0 Å². The molecule has 0 unspecified atom stereocenters. The second kappa shape index (κ2) is 14.2. The highest BCUT2D eigenvalue weighted by Gasteiger charge is 2.41. The first-order valence-electron chi connectivity index (χ1n) is 20.3. The minimum Gasteiger partial charge on any atom is -0.456 e. The number of hydrogen-bond donors (Lipinski definition) is 0. The lowest BCUT2D eigenvalue weighted by Crippen LogP contribution is -2.74. The van der Waals surface area contributed by atoms with Crippen molar-refractivity contribution in [1.29, 1.82) is 0 Å². The molecule has 11 aromatic rings. The first-order chi connectivity index (χ1) is 29.4. The highest BCUT2D eigenvalue weighted by Crippen LogP contribution is 2.39. The fraction of sp³-hybridized carbons (Fsp3) is 0.0556. The molecule has 0 spiro atoms. The van der Waals surface area contributed by atoms with Gasteiger partial charge in [0.15, 0.2) is 19.7 Å². The third-order valence-electron chi connectivity index (χ3n) is 12.1. The molecule has 0 aliphatic rings. The van der Waals surface area contributed by atoms with E-state index in [1.54, 1.807) is 6.33 Å². The molecule has 5 nitrogen and oxygen atoms in total. The van der Waals surface area contributed by atoms with Crippen molar-refractivity contribution in [2.45, 2.75) is 20.8 Å². The highest BCUT2D eigenvalue weighted by atomic mass is 28.3. The Kier molecular flexibility index (Phi) is 8.43. The van der Waals surface area contributed by atoms with Crippen LogP contribution in [-0.2, 0) is 0 Å². The van der Waals surface area contributed by atoms with Crippen LogP contribution in [0.4, 0.5) is 0 Å². The van der Waals surface area contributed by atoms with Crippen molar-refractivity contribution < 1.29 is 8.83 Å². The van der Waals surface area contributed by atoms with Gasteiger partial charge in [-0.2, -0.15) is 0 Å². The fourth-order valence-corrected chi connectivity index (χ4v) is 13.7. The summed E-state index contributed by atoms with van der Waals surface area (Å²) in [6.45, 7) is 6.48. The second-order valence-electron chi connectivity index (χ2n) is 15.8. The first-order valence-corrected chi connectivity index (χ1v) is 22.3. The van der Waals surface area contributed by atoms with Gasteiger partial charge in [-0.3, -0.25) is 0 Å². The van der Waals surface area contributed by atoms with Crippen molar-refractivity contribution >= 4 is 72.7 Å². The van der Waals surface area contributed by atoms with E-state index in [0.717, 1.165) is 66.1 Å². The molecule has 0 amide bonds. The molecule has 3 aromatic heterocycles. The van der Waals surface area contributed by atoms with Gasteiger partial charge in [0.2, 0.25) is 0 Å². The monoisotopic (exact) mass is 789 g/mol. The molecular formula is C54H39N3O2Si.